The first-order valence-electron chi connectivity index (χ1n) is 11.8. The molecule has 192 valence electrons. The van der Waals surface area contributed by atoms with E-state index in [1.165, 1.54) is 6.20 Å². The third-order valence-corrected chi connectivity index (χ3v) is 7.19. The number of nitrogens with zero attached hydrogens (tertiary/aromatic N) is 5. The highest BCUT2D eigenvalue weighted by Gasteiger charge is 2.25. The zero-order valence-electron chi connectivity index (χ0n) is 19.9. The molecule has 1 saturated carbocycles. The number of aromatic nitrogens is 4. The Bertz CT molecular complexity index is 1310. The molecule has 3 aromatic rings. The van der Waals surface area contributed by atoms with E-state index in [0.29, 0.717) is 41.6 Å². The molecule has 11 nitrogen and oxygen atoms in total. The van der Waals surface area contributed by atoms with Gasteiger partial charge in [-0.1, -0.05) is 0 Å². The fourth-order valence-electron chi connectivity index (χ4n) is 4.45. The zero-order valence-corrected chi connectivity index (χ0v) is 22.3. The SMILES string of the molecule is CS(=O)(=O)Nc1cnc2cc(N3CCOCC3)nc(OC3CCC(Nc4ncc(Br)cn4)CC3)c2c1. The average Bonchev–Trinajstić information content (AvgIpc) is 2.86. The van der Waals surface area contributed by atoms with E-state index in [1.54, 1.807) is 18.5 Å². The Morgan fingerprint density at radius 1 is 1.06 bits per heavy atom. The van der Waals surface area contributed by atoms with Gasteiger partial charge >= 0.3 is 0 Å². The van der Waals surface area contributed by atoms with Gasteiger partial charge in [-0.05, 0) is 47.7 Å². The van der Waals surface area contributed by atoms with E-state index in [-0.39, 0.29) is 12.1 Å². The number of hydrogen-bond donors (Lipinski definition) is 2. The molecule has 0 atom stereocenters. The standard InChI is InChI=1S/C23H28BrN7O4S/c1-36(32,33)30-17-10-19-20(25-14-17)11-21(31-6-8-34-9-7-31)29-22(19)35-18-4-2-16(3-5-18)28-23-26-12-15(24)13-27-23/h10-14,16,18,30H,2-9H2,1H3,(H,26,27,28). The van der Waals surface area contributed by atoms with Crippen LogP contribution in [0.2, 0.25) is 0 Å². The molecule has 0 amide bonds. The molecule has 0 aromatic carbocycles. The lowest BCUT2D eigenvalue weighted by Crippen LogP contribution is -2.37. The summed E-state index contributed by atoms with van der Waals surface area (Å²) in [5.41, 5.74) is 1.07. The lowest BCUT2D eigenvalue weighted by atomic mass is 9.93. The first-order chi connectivity index (χ1) is 17.3. The predicted molar refractivity (Wildman–Crippen MR) is 141 cm³/mol. The monoisotopic (exact) mass is 577 g/mol. The van der Waals surface area contributed by atoms with Crippen LogP contribution in [-0.4, -0.2) is 73.1 Å². The summed E-state index contributed by atoms with van der Waals surface area (Å²) in [6, 6.07) is 3.91. The fourth-order valence-corrected chi connectivity index (χ4v) is 5.19. The van der Waals surface area contributed by atoms with Gasteiger partial charge < -0.3 is 19.7 Å². The van der Waals surface area contributed by atoms with Gasteiger partial charge in [0, 0.05) is 37.6 Å². The van der Waals surface area contributed by atoms with Crippen molar-refractivity contribution in [1.82, 2.24) is 19.9 Å². The maximum Gasteiger partial charge on any atom is 0.229 e. The van der Waals surface area contributed by atoms with Gasteiger partial charge in [0.25, 0.3) is 0 Å². The number of halogens is 1. The molecule has 0 bridgehead atoms. The smallest absolute Gasteiger partial charge is 0.229 e. The van der Waals surface area contributed by atoms with Crippen molar-refractivity contribution in [3.8, 4) is 5.88 Å². The highest BCUT2D eigenvalue weighted by Crippen LogP contribution is 2.33. The van der Waals surface area contributed by atoms with Crippen LogP contribution in [-0.2, 0) is 14.8 Å². The number of rotatable bonds is 7. The number of morpholine rings is 1. The van der Waals surface area contributed by atoms with Gasteiger partial charge in [-0.3, -0.25) is 9.71 Å². The van der Waals surface area contributed by atoms with Crippen LogP contribution in [0.4, 0.5) is 17.5 Å². The lowest BCUT2D eigenvalue weighted by Gasteiger charge is -2.31. The minimum absolute atomic E-state index is 0.0175. The Balaban J connectivity index is 1.35. The topological polar surface area (TPSA) is 131 Å². The van der Waals surface area contributed by atoms with E-state index in [4.69, 9.17) is 14.5 Å². The molecule has 1 saturated heterocycles. The van der Waals surface area contributed by atoms with Crippen molar-refractivity contribution in [3.05, 3.63) is 35.2 Å². The highest BCUT2D eigenvalue weighted by atomic mass is 79.9. The lowest BCUT2D eigenvalue weighted by molar-refractivity contribution is 0.122. The van der Waals surface area contributed by atoms with Crippen LogP contribution < -0.4 is 19.7 Å². The molecule has 5 rings (SSSR count). The largest absolute Gasteiger partial charge is 0.474 e. The number of sulfonamides is 1. The molecule has 2 aliphatic rings. The van der Waals surface area contributed by atoms with E-state index in [1.807, 2.05) is 6.07 Å². The van der Waals surface area contributed by atoms with Gasteiger partial charge in [0.1, 0.15) is 11.9 Å². The molecule has 1 aliphatic heterocycles. The molecule has 0 unspecified atom stereocenters. The van der Waals surface area contributed by atoms with Gasteiger partial charge in [-0.25, -0.2) is 18.4 Å². The Kier molecular flexibility index (Phi) is 7.39. The second kappa shape index (κ2) is 10.7. The van der Waals surface area contributed by atoms with E-state index in [9.17, 15) is 8.42 Å². The summed E-state index contributed by atoms with van der Waals surface area (Å²) >= 11 is 3.35. The van der Waals surface area contributed by atoms with Crippen LogP contribution >= 0.6 is 15.9 Å². The number of pyridine rings is 2. The molecule has 13 heteroatoms. The second-order valence-electron chi connectivity index (χ2n) is 9.01. The van der Waals surface area contributed by atoms with Crippen molar-refractivity contribution in [2.75, 3.05) is 47.5 Å². The molecule has 0 spiro atoms. The van der Waals surface area contributed by atoms with Crippen molar-refractivity contribution in [2.45, 2.75) is 37.8 Å². The number of fused-ring (bicyclic) bond motifs is 1. The zero-order chi connectivity index (χ0) is 25.1. The maximum atomic E-state index is 11.8. The van der Waals surface area contributed by atoms with E-state index in [0.717, 1.165) is 55.3 Å². The Morgan fingerprint density at radius 3 is 2.47 bits per heavy atom. The third kappa shape index (κ3) is 6.31. The Morgan fingerprint density at radius 2 is 1.78 bits per heavy atom. The number of nitrogens with one attached hydrogen (secondary N) is 2. The summed E-state index contributed by atoms with van der Waals surface area (Å²) in [4.78, 5) is 20.1. The Hall–Kier alpha value is -2.77. The van der Waals surface area contributed by atoms with Gasteiger partial charge in [0.15, 0.2) is 0 Å². The van der Waals surface area contributed by atoms with Gasteiger partial charge in [-0.2, -0.15) is 4.98 Å². The number of anilines is 3. The van der Waals surface area contributed by atoms with Crippen LogP contribution in [0.5, 0.6) is 5.88 Å². The number of hydrogen-bond acceptors (Lipinski definition) is 10. The summed E-state index contributed by atoms with van der Waals surface area (Å²) in [6.45, 7) is 2.75. The molecule has 2 N–H and O–H groups in total. The van der Waals surface area contributed by atoms with Gasteiger partial charge in [0.05, 0.1) is 46.7 Å². The molecule has 0 radical (unpaired) electrons. The van der Waals surface area contributed by atoms with Gasteiger partial charge in [-0.15, -0.1) is 0 Å². The third-order valence-electron chi connectivity index (χ3n) is 6.18. The minimum atomic E-state index is -3.44. The summed E-state index contributed by atoms with van der Waals surface area (Å²) in [7, 11) is -3.44. The fraction of sp³-hybridized carbons (Fsp3) is 0.478. The molecule has 2 fully saturated rings. The second-order valence-corrected chi connectivity index (χ2v) is 11.7. The number of ether oxygens (including phenoxy) is 2. The van der Waals surface area contributed by atoms with Crippen molar-refractivity contribution in [1.29, 1.82) is 0 Å². The van der Waals surface area contributed by atoms with Crippen LogP contribution in [0, 0.1) is 0 Å². The van der Waals surface area contributed by atoms with Crippen molar-refractivity contribution in [2.24, 2.45) is 0 Å². The Labute approximate surface area is 218 Å². The first-order valence-corrected chi connectivity index (χ1v) is 14.5. The van der Waals surface area contributed by atoms with E-state index < -0.39 is 10.0 Å². The summed E-state index contributed by atoms with van der Waals surface area (Å²) in [6.07, 6.45) is 9.55. The summed E-state index contributed by atoms with van der Waals surface area (Å²) < 4.78 is 38.8. The first kappa shape index (κ1) is 24.9. The molecule has 1 aliphatic carbocycles. The quantitative estimate of drug-likeness (QED) is 0.431. The van der Waals surface area contributed by atoms with E-state index in [2.05, 4.69) is 45.8 Å². The minimum Gasteiger partial charge on any atom is -0.474 e. The maximum absolute atomic E-state index is 11.8. The van der Waals surface area contributed by atoms with Crippen molar-refractivity contribution >= 4 is 54.3 Å². The molecule has 36 heavy (non-hydrogen) atoms. The van der Waals surface area contributed by atoms with Crippen molar-refractivity contribution in [3.63, 3.8) is 0 Å². The molecule has 4 heterocycles. The van der Waals surface area contributed by atoms with Crippen LogP contribution in [0.1, 0.15) is 25.7 Å². The molecule has 3 aromatic heterocycles. The van der Waals surface area contributed by atoms with E-state index >= 15 is 0 Å². The van der Waals surface area contributed by atoms with Crippen LogP contribution in [0.3, 0.4) is 0 Å². The normalized spacial score (nSPS) is 20.8. The average molecular weight is 578 g/mol. The van der Waals surface area contributed by atoms with Crippen LogP contribution in [0.25, 0.3) is 10.9 Å². The predicted octanol–water partition coefficient (Wildman–Crippen LogP) is 3.19. The molecular formula is C23H28BrN7O4S. The van der Waals surface area contributed by atoms with Gasteiger partial charge in [0.2, 0.25) is 21.9 Å². The van der Waals surface area contributed by atoms with Crippen LogP contribution in [0.15, 0.2) is 35.2 Å². The summed E-state index contributed by atoms with van der Waals surface area (Å²) in [5.74, 6) is 1.86. The highest BCUT2D eigenvalue weighted by molar-refractivity contribution is 9.10. The van der Waals surface area contributed by atoms with Crippen molar-refractivity contribution < 1.29 is 17.9 Å². The molecular weight excluding hydrogens is 550 g/mol. The summed E-state index contributed by atoms with van der Waals surface area (Å²) in [5, 5.41) is 4.07.